The maximum Gasteiger partial charge on any atom is 0.335 e. The lowest BCUT2D eigenvalue weighted by Crippen LogP contribution is -2.11. The van der Waals surface area contributed by atoms with Gasteiger partial charge in [0.05, 0.1) is 11.8 Å². The van der Waals surface area contributed by atoms with Crippen LogP contribution in [0.4, 0.5) is 5.82 Å². The van der Waals surface area contributed by atoms with Crippen molar-refractivity contribution in [1.29, 1.82) is 0 Å². The molecule has 21 heavy (non-hydrogen) atoms. The molecular formula is C15H19N3O3. The quantitative estimate of drug-likeness (QED) is 0.877. The first-order valence-corrected chi connectivity index (χ1v) is 6.81. The number of rotatable bonds is 5. The number of aryl methyl sites for hydroxylation is 1. The van der Waals surface area contributed by atoms with Crippen LogP contribution in [0.1, 0.15) is 60.4 Å². The molecule has 6 heteroatoms. The first-order chi connectivity index (χ1) is 9.86. The fourth-order valence-electron chi connectivity index (χ4n) is 1.90. The number of oxazole rings is 1. The number of aromatic nitrogens is 2. The molecule has 0 amide bonds. The summed E-state index contributed by atoms with van der Waals surface area (Å²) in [7, 11) is 0. The Morgan fingerprint density at radius 3 is 2.57 bits per heavy atom. The van der Waals surface area contributed by atoms with Gasteiger partial charge in [-0.3, -0.25) is 0 Å². The zero-order valence-corrected chi connectivity index (χ0v) is 12.5. The number of carbonyl (C=O) groups is 1. The number of hydrogen-bond donors (Lipinski definition) is 2. The highest BCUT2D eigenvalue weighted by Gasteiger charge is 2.15. The fraction of sp³-hybridized carbons (Fsp3) is 0.400. The molecule has 1 atom stereocenters. The third kappa shape index (κ3) is 3.59. The topological polar surface area (TPSA) is 88.2 Å². The summed E-state index contributed by atoms with van der Waals surface area (Å²) >= 11 is 0. The second-order valence-corrected chi connectivity index (χ2v) is 5.30. The molecule has 2 aromatic rings. The summed E-state index contributed by atoms with van der Waals surface area (Å²) in [5, 5.41) is 12.3. The molecule has 0 radical (unpaired) electrons. The molecule has 0 aromatic carbocycles. The molecule has 0 spiro atoms. The highest BCUT2D eigenvalue weighted by atomic mass is 16.4. The second-order valence-electron chi connectivity index (χ2n) is 5.30. The Balaban J connectivity index is 2.28. The van der Waals surface area contributed by atoms with E-state index < -0.39 is 5.97 Å². The first kappa shape index (κ1) is 15.0. The minimum atomic E-state index is -0.970. The van der Waals surface area contributed by atoms with Gasteiger partial charge in [-0.25, -0.2) is 14.8 Å². The smallest absolute Gasteiger partial charge is 0.335 e. The molecule has 0 aliphatic carbocycles. The van der Waals surface area contributed by atoms with E-state index in [1.54, 1.807) is 12.3 Å². The predicted molar refractivity (Wildman–Crippen MR) is 78.6 cm³/mol. The Bertz CT molecular complexity index is 649. The molecule has 0 saturated heterocycles. The van der Waals surface area contributed by atoms with Gasteiger partial charge in [0.15, 0.2) is 0 Å². The Morgan fingerprint density at radius 1 is 1.33 bits per heavy atom. The van der Waals surface area contributed by atoms with Gasteiger partial charge in [0.2, 0.25) is 5.89 Å². The van der Waals surface area contributed by atoms with E-state index in [-0.39, 0.29) is 17.5 Å². The summed E-state index contributed by atoms with van der Waals surface area (Å²) < 4.78 is 5.46. The number of pyridine rings is 1. The molecule has 0 fully saturated rings. The summed E-state index contributed by atoms with van der Waals surface area (Å²) in [6, 6.07) is 2.91. The standard InChI is InChI=1S/C15H19N3O3/c1-8(2)12-5-11(15(19)20)6-13(18-12)17-10(4)14-16-7-9(3)21-14/h5-8,10H,1-4H3,(H,17,18)(H,19,20). The second kappa shape index (κ2) is 5.95. The van der Waals surface area contributed by atoms with Gasteiger partial charge in [0.1, 0.15) is 17.6 Å². The van der Waals surface area contributed by atoms with Crippen molar-refractivity contribution in [3.63, 3.8) is 0 Å². The maximum absolute atomic E-state index is 11.2. The van der Waals surface area contributed by atoms with Crippen LogP contribution in [0.2, 0.25) is 0 Å². The van der Waals surface area contributed by atoms with Crippen LogP contribution in [-0.2, 0) is 0 Å². The molecule has 2 rings (SSSR count). The number of nitrogens with zero attached hydrogens (tertiary/aromatic N) is 2. The van der Waals surface area contributed by atoms with E-state index in [4.69, 9.17) is 4.42 Å². The van der Waals surface area contributed by atoms with E-state index in [0.29, 0.717) is 11.7 Å². The molecule has 2 aromatic heterocycles. The minimum absolute atomic E-state index is 0.143. The number of aromatic carboxylic acids is 1. The van der Waals surface area contributed by atoms with Crippen LogP contribution in [0.15, 0.2) is 22.7 Å². The van der Waals surface area contributed by atoms with Crippen molar-refractivity contribution in [2.45, 2.75) is 39.7 Å². The van der Waals surface area contributed by atoms with Crippen LogP contribution in [-0.4, -0.2) is 21.0 Å². The SMILES string of the molecule is Cc1cnc(C(C)Nc2cc(C(=O)O)cc(C(C)C)n2)o1. The van der Waals surface area contributed by atoms with E-state index in [0.717, 1.165) is 11.5 Å². The fourth-order valence-corrected chi connectivity index (χ4v) is 1.90. The van der Waals surface area contributed by atoms with Crippen molar-refractivity contribution in [3.05, 3.63) is 41.2 Å². The van der Waals surface area contributed by atoms with Gasteiger partial charge in [-0.15, -0.1) is 0 Å². The summed E-state index contributed by atoms with van der Waals surface area (Å²) in [5.74, 6) is 0.947. The molecule has 1 unspecified atom stereocenters. The van der Waals surface area contributed by atoms with E-state index >= 15 is 0 Å². The molecule has 6 nitrogen and oxygen atoms in total. The highest BCUT2D eigenvalue weighted by molar-refractivity contribution is 5.88. The Morgan fingerprint density at radius 2 is 2.05 bits per heavy atom. The summed E-state index contributed by atoms with van der Waals surface area (Å²) in [5.41, 5.74) is 0.945. The summed E-state index contributed by atoms with van der Waals surface area (Å²) in [6.07, 6.45) is 1.65. The average molecular weight is 289 g/mol. The lowest BCUT2D eigenvalue weighted by molar-refractivity contribution is 0.0696. The summed E-state index contributed by atoms with van der Waals surface area (Å²) in [4.78, 5) is 19.8. The van der Waals surface area contributed by atoms with E-state index in [1.807, 2.05) is 27.7 Å². The van der Waals surface area contributed by atoms with Crippen LogP contribution in [0.5, 0.6) is 0 Å². The lowest BCUT2D eigenvalue weighted by Gasteiger charge is -2.14. The molecule has 0 bridgehead atoms. The van der Waals surface area contributed by atoms with Gasteiger partial charge < -0.3 is 14.8 Å². The molecule has 0 saturated carbocycles. The molecule has 0 aliphatic rings. The lowest BCUT2D eigenvalue weighted by atomic mass is 10.1. The minimum Gasteiger partial charge on any atom is -0.478 e. The van der Waals surface area contributed by atoms with Crippen LogP contribution in [0, 0.1) is 6.92 Å². The molecule has 0 aliphatic heterocycles. The summed E-state index contributed by atoms with van der Waals surface area (Å²) in [6.45, 7) is 7.65. The molecule has 2 N–H and O–H groups in total. The van der Waals surface area contributed by atoms with Crippen molar-refractivity contribution < 1.29 is 14.3 Å². The normalized spacial score (nSPS) is 12.4. The van der Waals surface area contributed by atoms with Crippen molar-refractivity contribution in [1.82, 2.24) is 9.97 Å². The highest BCUT2D eigenvalue weighted by Crippen LogP contribution is 2.22. The zero-order chi connectivity index (χ0) is 15.6. The Kier molecular flexibility index (Phi) is 4.26. The number of hydrogen-bond acceptors (Lipinski definition) is 5. The van der Waals surface area contributed by atoms with Gasteiger partial charge in [0, 0.05) is 5.69 Å². The molecule has 112 valence electrons. The predicted octanol–water partition coefficient (Wildman–Crippen LogP) is 3.37. The first-order valence-electron chi connectivity index (χ1n) is 6.81. The van der Waals surface area contributed by atoms with Crippen LogP contribution >= 0.6 is 0 Å². The number of nitrogens with one attached hydrogen (secondary N) is 1. The number of anilines is 1. The van der Waals surface area contributed by atoms with Crippen molar-refractivity contribution in [3.8, 4) is 0 Å². The largest absolute Gasteiger partial charge is 0.478 e. The van der Waals surface area contributed by atoms with Gasteiger partial charge >= 0.3 is 5.97 Å². The zero-order valence-electron chi connectivity index (χ0n) is 12.5. The Hall–Kier alpha value is -2.37. The maximum atomic E-state index is 11.2. The van der Waals surface area contributed by atoms with Gasteiger partial charge in [-0.05, 0) is 31.9 Å². The Labute approximate surface area is 123 Å². The van der Waals surface area contributed by atoms with Crippen molar-refractivity contribution >= 4 is 11.8 Å². The van der Waals surface area contributed by atoms with E-state index in [9.17, 15) is 9.90 Å². The van der Waals surface area contributed by atoms with Crippen LogP contribution in [0.25, 0.3) is 0 Å². The third-order valence-corrected chi connectivity index (χ3v) is 3.06. The van der Waals surface area contributed by atoms with Crippen LogP contribution in [0.3, 0.4) is 0 Å². The monoisotopic (exact) mass is 289 g/mol. The molecular weight excluding hydrogens is 270 g/mol. The van der Waals surface area contributed by atoms with E-state index in [2.05, 4.69) is 15.3 Å². The van der Waals surface area contributed by atoms with Crippen molar-refractivity contribution in [2.75, 3.05) is 5.32 Å². The van der Waals surface area contributed by atoms with Crippen LogP contribution < -0.4 is 5.32 Å². The van der Waals surface area contributed by atoms with Gasteiger partial charge in [-0.2, -0.15) is 0 Å². The number of carboxylic acids is 1. The van der Waals surface area contributed by atoms with Crippen molar-refractivity contribution in [2.24, 2.45) is 0 Å². The van der Waals surface area contributed by atoms with Gasteiger partial charge in [0.25, 0.3) is 0 Å². The average Bonchev–Trinajstić information content (AvgIpc) is 2.85. The van der Waals surface area contributed by atoms with Gasteiger partial charge in [-0.1, -0.05) is 13.8 Å². The molecule has 2 heterocycles. The third-order valence-electron chi connectivity index (χ3n) is 3.06. The number of carboxylic acid groups (broad SMARTS) is 1. The van der Waals surface area contributed by atoms with E-state index in [1.165, 1.54) is 6.07 Å².